The maximum absolute atomic E-state index is 11.6. The van der Waals surface area contributed by atoms with Crippen LogP contribution in [0.1, 0.15) is 12.5 Å². The molecule has 0 aromatic heterocycles. The highest BCUT2D eigenvalue weighted by Crippen LogP contribution is 2.23. The number of esters is 1. The highest BCUT2D eigenvalue weighted by Gasteiger charge is 2.14. The van der Waals surface area contributed by atoms with Crippen LogP contribution in [0.25, 0.3) is 0 Å². The summed E-state index contributed by atoms with van der Waals surface area (Å²) in [5, 5.41) is 0. The first-order valence-electron chi connectivity index (χ1n) is 5.29. The fraction of sp³-hybridized carbons (Fsp3) is 0.231. The van der Waals surface area contributed by atoms with Gasteiger partial charge in [-0.05, 0) is 24.6 Å². The molecule has 0 fully saturated rings. The summed E-state index contributed by atoms with van der Waals surface area (Å²) >= 11 is 0. The van der Waals surface area contributed by atoms with Crippen molar-refractivity contribution in [3.05, 3.63) is 41.5 Å². The Balaban J connectivity index is 2.26. The molecular formula is C13H13NO2. The second-order valence-corrected chi connectivity index (χ2v) is 3.50. The van der Waals surface area contributed by atoms with E-state index in [1.807, 2.05) is 24.3 Å². The number of hydrogen-bond acceptors (Lipinski definition) is 3. The molecule has 0 unspecified atom stereocenters. The van der Waals surface area contributed by atoms with Crippen molar-refractivity contribution in [2.75, 3.05) is 6.61 Å². The molecule has 0 saturated heterocycles. The Bertz CT molecular complexity index is 461. The minimum Gasteiger partial charge on any atom is -0.463 e. The van der Waals surface area contributed by atoms with E-state index in [9.17, 15) is 4.79 Å². The molecular weight excluding hydrogens is 202 g/mol. The van der Waals surface area contributed by atoms with Gasteiger partial charge in [0.15, 0.2) is 0 Å². The molecule has 16 heavy (non-hydrogen) atoms. The Morgan fingerprint density at radius 3 is 3.06 bits per heavy atom. The molecule has 2 rings (SSSR count). The Labute approximate surface area is 94.5 Å². The first kappa shape index (κ1) is 10.6. The van der Waals surface area contributed by atoms with E-state index in [0.29, 0.717) is 18.6 Å². The van der Waals surface area contributed by atoms with Crippen LogP contribution >= 0.6 is 0 Å². The van der Waals surface area contributed by atoms with Crippen LogP contribution in [0.2, 0.25) is 0 Å². The van der Waals surface area contributed by atoms with E-state index in [2.05, 4.69) is 4.99 Å². The quantitative estimate of drug-likeness (QED) is 0.711. The van der Waals surface area contributed by atoms with Crippen molar-refractivity contribution < 1.29 is 9.53 Å². The Hall–Kier alpha value is -1.90. The molecule has 1 aliphatic rings. The summed E-state index contributed by atoms with van der Waals surface area (Å²) in [4.78, 5) is 15.9. The molecule has 0 spiro atoms. The average molecular weight is 215 g/mol. The monoisotopic (exact) mass is 215 g/mol. The summed E-state index contributed by atoms with van der Waals surface area (Å²) in [6.07, 6.45) is 3.95. The summed E-state index contributed by atoms with van der Waals surface area (Å²) < 4.78 is 4.98. The maximum Gasteiger partial charge on any atom is 0.334 e. The summed E-state index contributed by atoms with van der Waals surface area (Å²) in [5.74, 6) is -0.259. The smallest absolute Gasteiger partial charge is 0.334 e. The third-order valence-corrected chi connectivity index (χ3v) is 2.40. The van der Waals surface area contributed by atoms with Crippen LogP contribution in [-0.4, -0.2) is 18.8 Å². The van der Waals surface area contributed by atoms with Crippen LogP contribution in [0.5, 0.6) is 0 Å². The highest BCUT2D eigenvalue weighted by molar-refractivity contribution is 5.95. The molecule has 0 bridgehead atoms. The number of fused-ring (bicyclic) bond motifs is 1. The normalized spacial score (nSPS) is 13.7. The molecule has 3 nitrogen and oxygen atoms in total. The molecule has 0 atom stereocenters. The second-order valence-electron chi connectivity index (χ2n) is 3.50. The molecule has 1 heterocycles. The van der Waals surface area contributed by atoms with Gasteiger partial charge in [0.2, 0.25) is 0 Å². The van der Waals surface area contributed by atoms with Gasteiger partial charge < -0.3 is 4.74 Å². The van der Waals surface area contributed by atoms with Crippen molar-refractivity contribution >= 4 is 17.9 Å². The number of para-hydroxylation sites is 1. The van der Waals surface area contributed by atoms with Crippen molar-refractivity contribution in [3.63, 3.8) is 0 Å². The summed E-state index contributed by atoms with van der Waals surface area (Å²) in [5.41, 5.74) is 2.61. The van der Waals surface area contributed by atoms with Crippen LogP contribution in [0, 0.1) is 0 Å². The second kappa shape index (κ2) is 4.75. The lowest BCUT2D eigenvalue weighted by Crippen LogP contribution is -2.09. The standard InChI is InChI=1S/C13H13NO2/c1-2-16-13(15)11-7-8-14-12-6-4-3-5-10(12)9-11/h3-8H,2,9H2,1H3. The van der Waals surface area contributed by atoms with Gasteiger partial charge in [-0.2, -0.15) is 0 Å². The zero-order chi connectivity index (χ0) is 11.4. The number of allylic oxidation sites excluding steroid dienone is 1. The third-order valence-electron chi connectivity index (χ3n) is 2.40. The van der Waals surface area contributed by atoms with Crippen LogP contribution in [0.3, 0.4) is 0 Å². The van der Waals surface area contributed by atoms with Crippen molar-refractivity contribution in [2.24, 2.45) is 4.99 Å². The van der Waals surface area contributed by atoms with Crippen LogP contribution in [0.4, 0.5) is 5.69 Å². The summed E-state index contributed by atoms with van der Waals surface area (Å²) in [7, 11) is 0. The van der Waals surface area contributed by atoms with Gasteiger partial charge in [-0.3, -0.25) is 4.99 Å². The van der Waals surface area contributed by atoms with Crippen molar-refractivity contribution in [3.8, 4) is 0 Å². The zero-order valence-corrected chi connectivity index (χ0v) is 9.14. The number of ether oxygens (including phenoxy) is 1. The van der Waals surface area contributed by atoms with Gasteiger partial charge in [0.05, 0.1) is 12.3 Å². The lowest BCUT2D eigenvalue weighted by atomic mass is 10.0. The Kier molecular flexibility index (Phi) is 3.15. The predicted molar refractivity (Wildman–Crippen MR) is 63.0 cm³/mol. The lowest BCUT2D eigenvalue weighted by molar-refractivity contribution is -0.138. The van der Waals surface area contributed by atoms with Crippen molar-refractivity contribution in [2.45, 2.75) is 13.3 Å². The number of carbonyl (C=O) groups is 1. The molecule has 3 heteroatoms. The van der Waals surface area contributed by atoms with Crippen LogP contribution < -0.4 is 0 Å². The van der Waals surface area contributed by atoms with Gasteiger partial charge in [0.25, 0.3) is 0 Å². The molecule has 1 aromatic rings. The summed E-state index contributed by atoms with van der Waals surface area (Å²) in [6.45, 7) is 2.20. The first-order chi connectivity index (χ1) is 7.81. The lowest BCUT2D eigenvalue weighted by Gasteiger charge is -2.06. The minimum atomic E-state index is -0.259. The Morgan fingerprint density at radius 2 is 2.25 bits per heavy atom. The first-order valence-corrected chi connectivity index (χ1v) is 5.29. The van der Waals surface area contributed by atoms with Gasteiger partial charge in [-0.1, -0.05) is 18.2 Å². The predicted octanol–water partition coefficient (Wildman–Crippen LogP) is 2.43. The molecule has 1 aromatic carbocycles. The van der Waals surface area contributed by atoms with Crippen LogP contribution in [0.15, 0.2) is 40.9 Å². The van der Waals surface area contributed by atoms with Crippen molar-refractivity contribution in [1.29, 1.82) is 0 Å². The largest absolute Gasteiger partial charge is 0.463 e. The van der Waals surface area contributed by atoms with E-state index in [0.717, 1.165) is 11.3 Å². The topological polar surface area (TPSA) is 38.7 Å². The van der Waals surface area contributed by atoms with E-state index in [1.165, 1.54) is 0 Å². The van der Waals surface area contributed by atoms with Gasteiger partial charge in [0, 0.05) is 18.2 Å². The molecule has 0 amide bonds. The van der Waals surface area contributed by atoms with Crippen LogP contribution in [-0.2, 0) is 16.0 Å². The Morgan fingerprint density at radius 1 is 1.44 bits per heavy atom. The SMILES string of the molecule is CCOC(=O)C1=CC=Nc2ccccc2C1. The number of aliphatic imine (C=N–C) groups is 1. The third kappa shape index (κ3) is 2.19. The average Bonchev–Trinajstić information content (AvgIpc) is 2.51. The van der Waals surface area contributed by atoms with E-state index in [-0.39, 0.29) is 5.97 Å². The number of carbonyl (C=O) groups excluding carboxylic acids is 1. The number of benzene rings is 1. The molecule has 0 N–H and O–H groups in total. The minimum absolute atomic E-state index is 0.259. The van der Waals surface area contributed by atoms with E-state index in [4.69, 9.17) is 4.74 Å². The van der Waals surface area contributed by atoms with Gasteiger partial charge >= 0.3 is 5.97 Å². The number of hydrogen-bond donors (Lipinski definition) is 0. The van der Waals surface area contributed by atoms with Crippen molar-refractivity contribution in [1.82, 2.24) is 0 Å². The van der Waals surface area contributed by atoms with Gasteiger partial charge in [-0.15, -0.1) is 0 Å². The maximum atomic E-state index is 11.6. The number of rotatable bonds is 2. The molecule has 82 valence electrons. The molecule has 0 aliphatic carbocycles. The van der Waals surface area contributed by atoms with Gasteiger partial charge in [0.1, 0.15) is 0 Å². The fourth-order valence-corrected chi connectivity index (χ4v) is 1.62. The van der Waals surface area contributed by atoms with E-state index >= 15 is 0 Å². The molecule has 0 saturated carbocycles. The molecule has 0 radical (unpaired) electrons. The highest BCUT2D eigenvalue weighted by atomic mass is 16.5. The zero-order valence-electron chi connectivity index (χ0n) is 9.14. The van der Waals surface area contributed by atoms with E-state index in [1.54, 1.807) is 19.2 Å². The van der Waals surface area contributed by atoms with Gasteiger partial charge in [-0.25, -0.2) is 4.79 Å². The molecule has 1 aliphatic heterocycles. The summed E-state index contributed by atoms with van der Waals surface area (Å²) in [6, 6.07) is 7.80. The fourth-order valence-electron chi connectivity index (χ4n) is 1.62. The number of nitrogens with zero attached hydrogens (tertiary/aromatic N) is 1. The van der Waals surface area contributed by atoms with E-state index < -0.39 is 0 Å².